The highest BCUT2D eigenvalue weighted by Crippen LogP contribution is 2.24. The summed E-state index contributed by atoms with van der Waals surface area (Å²) in [5.41, 5.74) is 2.04. The molecular weight excluding hydrogens is 546 g/mol. The highest BCUT2D eigenvalue weighted by molar-refractivity contribution is 9.10. The van der Waals surface area contributed by atoms with Gasteiger partial charge in [0.15, 0.2) is 0 Å². The maximum absolute atomic E-state index is 13.8. The lowest BCUT2D eigenvalue weighted by molar-refractivity contribution is -0.140. The minimum absolute atomic E-state index is 0.149. The van der Waals surface area contributed by atoms with E-state index in [-0.39, 0.29) is 30.4 Å². The third-order valence-corrected chi connectivity index (χ3v) is 7.09. The second-order valence-corrected chi connectivity index (χ2v) is 9.96. The van der Waals surface area contributed by atoms with Crippen LogP contribution in [0.1, 0.15) is 47.6 Å². The lowest BCUT2D eigenvalue weighted by Crippen LogP contribution is -2.39. The van der Waals surface area contributed by atoms with E-state index in [1.54, 1.807) is 39.8 Å². The van der Waals surface area contributed by atoms with Crippen molar-refractivity contribution in [2.75, 3.05) is 13.7 Å². The Morgan fingerprint density at radius 1 is 1.00 bits per heavy atom. The molecule has 0 N–H and O–H groups in total. The van der Waals surface area contributed by atoms with Crippen LogP contribution in [0.3, 0.4) is 0 Å². The Kier molecular flexibility index (Phi) is 9.07. The van der Waals surface area contributed by atoms with Crippen LogP contribution in [0.2, 0.25) is 0 Å². The van der Waals surface area contributed by atoms with Crippen LogP contribution in [0.15, 0.2) is 88.1 Å². The van der Waals surface area contributed by atoms with E-state index in [0.29, 0.717) is 41.7 Å². The molecule has 7 nitrogen and oxygen atoms in total. The zero-order valence-corrected chi connectivity index (χ0v) is 23.1. The third-order valence-electron chi connectivity index (χ3n) is 6.56. The number of carbonyl (C=O) groups is 2. The molecule has 0 aliphatic heterocycles. The number of hydrogen-bond acceptors (Lipinski definition) is 5. The molecular formula is C30H30BrN3O4. The molecule has 8 heteroatoms. The number of carbonyl (C=O) groups excluding carboxylic acids is 2. The summed E-state index contributed by atoms with van der Waals surface area (Å²) >= 11 is 3.43. The van der Waals surface area contributed by atoms with Crippen molar-refractivity contribution in [2.24, 2.45) is 0 Å². The fourth-order valence-corrected chi connectivity index (χ4v) is 4.73. The zero-order valence-electron chi connectivity index (χ0n) is 21.5. The molecule has 0 fully saturated rings. The van der Waals surface area contributed by atoms with Crippen molar-refractivity contribution in [2.45, 2.75) is 38.8 Å². The minimum atomic E-state index is -0.509. The number of rotatable bonds is 10. The van der Waals surface area contributed by atoms with Gasteiger partial charge in [0.1, 0.15) is 5.82 Å². The number of amides is 1. The van der Waals surface area contributed by atoms with Crippen molar-refractivity contribution >= 4 is 38.7 Å². The van der Waals surface area contributed by atoms with Crippen molar-refractivity contribution < 1.29 is 14.3 Å². The standard InChI is InChI=1S/C30H30BrN3O4/c1-21(28-32-26-12-7-6-11-25(26)30(37)34(28)19-8-13-27(35)38-2)33(20-18-22-9-4-3-5-10-22)29(36)23-14-16-24(31)17-15-23/h3-7,9-12,14-17,21H,8,13,18-20H2,1-2H3. The van der Waals surface area contributed by atoms with Gasteiger partial charge in [-0.15, -0.1) is 0 Å². The van der Waals surface area contributed by atoms with Crippen LogP contribution in [0.4, 0.5) is 0 Å². The molecule has 0 aliphatic carbocycles. The molecule has 1 heterocycles. The van der Waals surface area contributed by atoms with Crippen LogP contribution < -0.4 is 5.56 Å². The van der Waals surface area contributed by atoms with Crippen LogP contribution in [0.5, 0.6) is 0 Å². The first-order valence-corrected chi connectivity index (χ1v) is 13.3. The fraction of sp³-hybridized carbons (Fsp3) is 0.267. The Morgan fingerprint density at radius 3 is 2.39 bits per heavy atom. The predicted molar refractivity (Wildman–Crippen MR) is 151 cm³/mol. The van der Waals surface area contributed by atoms with Crippen molar-refractivity contribution in [1.82, 2.24) is 14.5 Å². The highest BCUT2D eigenvalue weighted by atomic mass is 79.9. The molecule has 0 aliphatic rings. The van der Waals surface area contributed by atoms with Crippen LogP contribution in [-0.4, -0.2) is 40.0 Å². The normalized spacial score (nSPS) is 11.8. The molecule has 196 valence electrons. The average Bonchev–Trinajstić information content (AvgIpc) is 2.94. The number of hydrogen-bond donors (Lipinski definition) is 0. The zero-order chi connectivity index (χ0) is 27.1. The van der Waals surface area contributed by atoms with Gasteiger partial charge in [0.05, 0.1) is 24.1 Å². The Hall–Kier alpha value is -3.78. The number of aromatic nitrogens is 2. The molecule has 1 unspecified atom stereocenters. The van der Waals surface area contributed by atoms with Gasteiger partial charge in [0, 0.05) is 29.5 Å². The lowest BCUT2D eigenvalue weighted by atomic mass is 10.1. The Morgan fingerprint density at radius 2 is 1.68 bits per heavy atom. The number of para-hydroxylation sites is 1. The Bertz CT molecular complexity index is 1470. The summed E-state index contributed by atoms with van der Waals surface area (Å²) in [6, 6.07) is 23.9. The van der Waals surface area contributed by atoms with Gasteiger partial charge in [0.25, 0.3) is 11.5 Å². The molecule has 0 saturated heterocycles. The van der Waals surface area contributed by atoms with Crippen LogP contribution >= 0.6 is 15.9 Å². The van der Waals surface area contributed by atoms with Gasteiger partial charge in [-0.2, -0.15) is 0 Å². The van der Waals surface area contributed by atoms with Crippen molar-refractivity contribution in [3.8, 4) is 0 Å². The molecule has 0 radical (unpaired) electrons. The van der Waals surface area contributed by atoms with E-state index in [1.807, 2.05) is 55.5 Å². The molecule has 1 aromatic heterocycles. The highest BCUT2D eigenvalue weighted by Gasteiger charge is 2.27. The number of benzene rings is 3. The summed E-state index contributed by atoms with van der Waals surface area (Å²) in [6.45, 7) is 2.62. The van der Waals surface area contributed by atoms with E-state index in [9.17, 15) is 14.4 Å². The topological polar surface area (TPSA) is 81.5 Å². The molecule has 38 heavy (non-hydrogen) atoms. The fourth-order valence-electron chi connectivity index (χ4n) is 4.47. The first-order chi connectivity index (χ1) is 18.4. The molecule has 4 rings (SSSR count). The molecule has 4 aromatic rings. The van der Waals surface area contributed by atoms with Gasteiger partial charge in [-0.05, 0) is 61.7 Å². The number of methoxy groups -OCH3 is 1. The number of nitrogens with zero attached hydrogens (tertiary/aromatic N) is 3. The van der Waals surface area contributed by atoms with E-state index >= 15 is 0 Å². The molecule has 0 spiro atoms. The lowest BCUT2D eigenvalue weighted by Gasteiger charge is -2.31. The van der Waals surface area contributed by atoms with Crippen molar-refractivity contribution in [1.29, 1.82) is 0 Å². The molecule has 0 saturated carbocycles. The smallest absolute Gasteiger partial charge is 0.305 e. The monoisotopic (exact) mass is 575 g/mol. The summed E-state index contributed by atoms with van der Waals surface area (Å²) in [6.07, 6.45) is 1.24. The van der Waals surface area contributed by atoms with Crippen LogP contribution in [0.25, 0.3) is 10.9 Å². The second-order valence-electron chi connectivity index (χ2n) is 9.04. The molecule has 1 atom stereocenters. The first kappa shape index (κ1) is 27.3. The average molecular weight is 576 g/mol. The van der Waals surface area contributed by atoms with Gasteiger partial charge in [-0.25, -0.2) is 4.98 Å². The Labute approximate surface area is 230 Å². The third kappa shape index (κ3) is 6.37. The number of halogens is 1. The number of esters is 1. The van der Waals surface area contributed by atoms with Gasteiger partial charge >= 0.3 is 5.97 Å². The van der Waals surface area contributed by atoms with Gasteiger partial charge in [0.2, 0.25) is 0 Å². The van der Waals surface area contributed by atoms with E-state index in [4.69, 9.17) is 9.72 Å². The number of fused-ring (bicyclic) bond motifs is 1. The van der Waals surface area contributed by atoms with E-state index in [2.05, 4.69) is 15.9 Å². The van der Waals surface area contributed by atoms with E-state index in [0.717, 1.165) is 10.0 Å². The molecule has 3 aromatic carbocycles. The SMILES string of the molecule is COC(=O)CCCn1c(C(C)N(CCc2ccccc2)C(=O)c2ccc(Br)cc2)nc2ccccc2c1=O. The van der Waals surface area contributed by atoms with E-state index < -0.39 is 6.04 Å². The quantitative estimate of drug-likeness (QED) is 0.231. The minimum Gasteiger partial charge on any atom is -0.469 e. The summed E-state index contributed by atoms with van der Waals surface area (Å²) in [5, 5.41) is 0.497. The van der Waals surface area contributed by atoms with Crippen molar-refractivity contribution in [3.05, 3.63) is 111 Å². The predicted octanol–water partition coefficient (Wildman–Crippen LogP) is 5.56. The summed E-state index contributed by atoms with van der Waals surface area (Å²) < 4.78 is 7.25. The first-order valence-electron chi connectivity index (χ1n) is 12.6. The second kappa shape index (κ2) is 12.6. The van der Waals surface area contributed by atoms with E-state index in [1.165, 1.54) is 7.11 Å². The van der Waals surface area contributed by atoms with Crippen molar-refractivity contribution in [3.63, 3.8) is 0 Å². The summed E-state index contributed by atoms with van der Waals surface area (Å²) in [4.78, 5) is 45.8. The molecule has 0 bridgehead atoms. The van der Waals surface area contributed by atoms with Crippen LogP contribution in [0, 0.1) is 0 Å². The molecule has 1 amide bonds. The van der Waals surface area contributed by atoms with Gasteiger partial charge in [-0.1, -0.05) is 58.4 Å². The van der Waals surface area contributed by atoms with Gasteiger partial charge < -0.3 is 9.64 Å². The Balaban J connectivity index is 1.75. The van der Waals surface area contributed by atoms with Crippen LogP contribution in [-0.2, 0) is 22.5 Å². The van der Waals surface area contributed by atoms with Gasteiger partial charge in [-0.3, -0.25) is 19.0 Å². The maximum atomic E-state index is 13.8. The summed E-state index contributed by atoms with van der Waals surface area (Å²) in [7, 11) is 1.35. The maximum Gasteiger partial charge on any atom is 0.305 e. The largest absolute Gasteiger partial charge is 0.469 e. The summed E-state index contributed by atoms with van der Waals surface area (Å²) in [5.74, 6) is -0.00200. The number of ether oxygens (including phenoxy) is 1.